The zero-order chi connectivity index (χ0) is 11.8. The third-order valence-corrected chi connectivity index (χ3v) is 2.84. The lowest BCUT2D eigenvalue weighted by Crippen LogP contribution is -2.15. The number of rotatable bonds is 2. The van der Waals surface area contributed by atoms with E-state index in [9.17, 15) is 9.18 Å². The normalized spacial score (nSPS) is 11.1. The van der Waals surface area contributed by atoms with Crippen molar-refractivity contribution in [1.82, 2.24) is 14.8 Å². The van der Waals surface area contributed by atoms with Crippen LogP contribution in [0.25, 0.3) is 11.1 Å². The average molecular weight is 251 g/mol. The quantitative estimate of drug-likeness (QED) is 0.694. The molecule has 0 aliphatic rings. The summed E-state index contributed by atoms with van der Waals surface area (Å²) in [6, 6.07) is 4.10. The fraction of sp³-hybridized carbons (Fsp3) is 0.100. The molecule has 0 bridgehead atoms. The number of fused-ring (bicyclic) bond motifs is 1. The van der Waals surface area contributed by atoms with E-state index in [0.29, 0.717) is 17.0 Å². The maximum Gasteiger partial charge on any atom is 0.325 e. The Balaban J connectivity index is 2.01. The van der Waals surface area contributed by atoms with Crippen LogP contribution in [0.2, 0.25) is 0 Å². The molecule has 0 aliphatic carbocycles. The second-order valence-corrected chi connectivity index (χ2v) is 4.18. The monoisotopic (exact) mass is 251 g/mol. The summed E-state index contributed by atoms with van der Waals surface area (Å²) in [4.78, 5) is 15.2. The van der Waals surface area contributed by atoms with Gasteiger partial charge in [0.05, 0.1) is 0 Å². The molecule has 2 heterocycles. The molecule has 3 aromatic rings. The van der Waals surface area contributed by atoms with Crippen molar-refractivity contribution in [3.8, 4) is 0 Å². The Kier molecular flexibility index (Phi) is 2.25. The van der Waals surface area contributed by atoms with Crippen LogP contribution in [-0.4, -0.2) is 14.8 Å². The molecule has 0 saturated carbocycles. The van der Waals surface area contributed by atoms with Gasteiger partial charge in [0.1, 0.15) is 23.4 Å². The first-order chi connectivity index (χ1) is 8.22. The second-order valence-electron chi connectivity index (χ2n) is 3.38. The third-order valence-electron chi connectivity index (χ3n) is 2.23. The van der Waals surface area contributed by atoms with E-state index in [1.54, 1.807) is 0 Å². The minimum Gasteiger partial charge on any atom is -0.439 e. The lowest BCUT2D eigenvalue weighted by Gasteiger charge is -1.92. The molecule has 86 valence electrons. The van der Waals surface area contributed by atoms with Gasteiger partial charge in [0.25, 0.3) is 0 Å². The summed E-state index contributed by atoms with van der Waals surface area (Å²) < 4.78 is 19.5. The van der Waals surface area contributed by atoms with Crippen molar-refractivity contribution in [1.29, 1.82) is 0 Å². The SMILES string of the molecule is O=c1scnn1Cc1nc2ccc(F)cc2o1. The standard InChI is InChI=1S/C10H6FN3O2S/c11-6-1-2-7-8(3-6)16-9(13-7)4-14-10(15)17-5-12-14/h1-3,5H,4H2. The number of hydrogen-bond donors (Lipinski definition) is 0. The average Bonchev–Trinajstić information content (AvgIpc) is 2.85. The number of benzene rings is 1. The summed E-state index contributed by atoms with van der Waals surface area (Å²) >= 11 is 1.000. The van der Waals surface area contributed by atoms with Gasteiger partial charge in [0, 0.05) is 6.07 Å². The Bertz CT molecular complexity index is 730. The van der Waals surface area contributed by atoms with Gasteiger partial charge in [-0.05, 0) is 12.1 Å². The van der Waals surface area contributed by atoms with Gasteiger partial charge in [-0.2, -0.15) is 5.10 Å². The number of nitrogens with zero attached hydrogens (tertiary/aromatic N) is 3. The van der Waals surface area contributed by atoms with Crippen LogP contribution in [0.5, 0.6) is 0 Å². The van der Waals surface area contributed by atoms with Crippen molar-refractivity contribution in [3.05, 3.63) is 45.1 Å². The molecule has 2 aromatic heterocycles. The Labute approximate surface area is 98.1 Å². The molecule has 5 nitrogen and oxygen atoms in total. The van der Waals surface area contributed by atoms with Crippen molar-refractivity contribution < 1.29 is 8.81 Å². The fourth-order valence-electron chi connectivity index (χ4n) is 1.48. The maximum absolute atomic E-state index is 12.9. The number of aromatic nitrogens is 3. The lowest BCUT2D eigenvalue weighted by atomic mass is 10.3. The van der Waals surface area contributed by atoms with Gasteiger partial charge in [-0.1, -0.05) is 11.3 Å². The lowest BCUT2D eigenvalue weighted by molar-refractivity contribution is 0.485. The Morgan fingerprint density at radius 2 is 2.35 bits per heavy atom. The van der Waals surface area contributed by atoms with E-state index in [-0.39, 0.29) is 17.2 Å². The van der Waals surface area contributed by atoms with Crippen LogP contribution in [0, 0.1) is 5.82 Å². The zero-order valence-electron chi connectivity index (χ0n) is 8.46. The van der Waals surface area contributed by atoms with Gasteiger partial charge in [0.2, 0.25) is 5.89 Å². The molecule has 0 radical (unpaired) electrons. The third kappa shape index (κ3) is 1.84. The van der Waals surface area contributed by atoms with Gasteiger partial charge < -0.3 is 4.42 Å². The zero-order valence-corrected chi connectivity index (χ0v) is 9.28. The van der Waals surface area contributed by atoms with Crippen molar-refractivity contribution in [3.63, 3.8) is 0 Å². The van der Waals surface area contributed by atoms with Crippen LogP contribution < -0.4 is 4.87 Å². The van der Waals surface area contributed by atoms with Gasteiger partial charge in [-0.25, -0.2) is 14.1 Å². The number of halogens is 1. The van der Waals surface area contributed by atoms with E-state index in [4.69, 9.17) is 4.42 Å². The van der Waals surface area contributed by atoms with Crippen LogP contribution in [0.1, 0.15) is 5.89 Å². The maximum atomic E-state index is 12.9. The molecule has 1 aromatic carbocycles. The summed E-state index contributed by atoms with van der Waals surface area (Å²) in [6.45, 7) is 0.151. The van der Waals surface area contributed by atoms with Crippen molar-refractivity contribution >= 4 is 22.4 Å². The summed E-state index contributed by atoms with van der Waals surface area (Å²) in [5.74, 6) is -0.0513. The number of oxazole rings is 1. The number of hydrogen-bond acceptors (Lipinski definition) is 5. The fourth-order valence-corrected chi connectivity index (χ4v) is 1.97. The molecule has 17 heavy (non-hydrogen) atoms. The van der Waals surface area contributed by atoms with Crippen LogP contribution >= 0.6 is 11.3 Å². The van der Waals surface area contributed by atoms with Crippen molar-refractivity contribution in [2.24, 2.45) is 0 Å². The summed E-state index contributed by atoms with van der Waals surface area (Å²) in [5, 5.41) is 3.85. The molecule has 0 saturated heterocycles. The molecular formula is C10H6FN3O2S. The first-order valence-corrected chi connectivity index (χ1v) is 5.66. The topological polar surface area (TPSA) is 60.9 Å². The molecule has 0 N–H and O–H groups in total. The smallest absolute Gasteiger partial charge is 0.325 e. The molecular weight excluding hydrogens is 245 g/mol. The second kappa shape index (κ2) is 3.77. The Hall–Kier alpha value is -2.02. The molecule has 0 aliphatic heterocycles. The highest BCUT2D eigenvalue weighted by molar-refractivity contribution is 7.06. The minimum atomic E-state index is -0.383. The molecule has 0 atom stereocenters. The predicted molar refractivity (Wildman–Crippen MR) is 59.4 cm³/mol. The molecule has 0 unspecified atom stereocenters. The predicted octanol–water partition coefficient (Wildman–Crippen LogP) is 1.63. The first-order valence-electron chi connectivity index (χ1n) is 4.78. The summed E-state index contributed by atoms with van der Waals surface area (Å²) in [5.41, 5.74) is 2.37. The minimum absolute atomic E-state index is 0.151. The van der Waals surface area contributed by atoms with E-state index in [2.05, 4.69) is 10.1 Å². The molecule has 0 spiro atoms. The van der Waals surface area contributed by atoms with Crippen molar-refractivity contribution in [2.75, 3.05) is 0 Å². The largest absolute Gasteiger partial charge is 0.439 e. The van der Waals surface area contributed by atoms with Gasteiger partial charge in [0.15, 0.2) is 5.58 Å². The van der Waals surface area contributed by atoms with Crippen LogP contribution in [0.15, 0.2) is 32.9 Å². The molecule has 3 rings (SSSR count). The first kappa shape index (κ1) is 10.2. The van der Waals surface area contributed by atoms with Crippen LogP contribution in [-0.2, 0) is 6.54 Å². The van der Waals surface area contributed by atoms with E-state index in [1.165, 1.54) is 28.4 Å². The molecule has 0 fully saturated rings. The van der Waals surface area contributed by atoms with Crippen LogP contribution in [0.4, 0.5) is 4.39 Å². The summed E-state index contributed by atoms with van der Waals surface area (Å²) in [7, 11) is 0. The van der Waals surface area contributed by atoms with Crippen molar-refractivity contribution in [2.45, 2.75) is 6.54 Å². The van der Waals surface area contributed by atoms with Crippen LogP contribution in [0.3, 0.4) is 0 Å². The van der Waals surface area contributed by atoms with Gasteiger partial charge >= 0.3 is 4.87 Å². The summed E-state index contributed by atoms with van der Waals surface area (Å²) in [6.07, 6.45) is 0. The highest BCUT2D eigenvalue weighted by Crippen LogP contribution is 2.16. The van der Waals surface area contributed by atoms with Gasteiger partial charge in [-0.15, -0.1) is 0 Å². The Morgan fingerprint density at radius 3 is 3.12 bits per heavy atom. The van der Waals surface area contributed by atoms with E-state index in [1.807, 2.05) is 0 Å². The Morgan fingerprint density at radius 1 is 1.47 bits per heavy atom. The highest BCUT2D eigenvalue weighted by atomic mass is 32.1. The van der Waals surface area contributed by atoms with E-state index in [0.717, 1.165) is 11.3 Å². The van der Waals surface area contributed by atoms with E-state index >= 15 is 0 Å². The van der Waals surface area contributed by atoms with E-state index < -0.39 is 0 Å². The highest BCUT2D eigenvalue weighted by Gasteiger charge is 2.09. The molecule has 7 heteroatoms. The molecule has 0 amide bonds. The van der Waals surface area contributed by atoms with Gasteiger partial charge in [-0.3, -0.25) is 4.79 Å².